The topological polar surface area (TPSA) is 50.4 Å². The minimum Gasteiger partial charge on any atom is -0.370 e. The van der Waals surface area contributed by atoms with Gasteiger partial charge in [0.05, 0.1) is 12.6 Å². The maximum absolute atomic E-state index is 5.60. The number of nitrogens with one attached hydrogen (secondary N) is 1. The molecule has 1 atom stereocenters. The molecule has 16 heavy (non-hydrogen) atoms. The average Bonchev–Trinajstić information content (AvgIpc) is 2.64. The van der Waals surface area contributed by atoms with Crippen molar-refractivity contribution in [2.24, 2.45) is 10.7 Å². The predicted octanol–water partition coefficient (Wildman–Crippen LogP) is 1.94. The van der Waals surface area contributed by atoms with Gasteiger partial charge >= 0.3 is 0 Å². The van der Waals surface area contributed by atoms with Crippen LogP contribution in [-0.4, -0.2) is 12.5 Å². The number of hydrogen-bond donors (Lipinski definition) is 2. The first-order chi connectivity index (χ1) is 7.47. The lowest BCUT2D eigenvalue weighted by Gasteiger charge is -2.20. The van der Waals surface area contributed by atoms with E-state index in [4.69, 9.17) is 5.73 Å². The Kier molecular flexibility index (Phi) is 2.62. The van der Waals surface area contributed by atoms with Gasteiger partial charge in [0.1, 0.15) is 0 Å². The quantitative estimate of drug-likeness (QED) is 0.755. The molecule has 0 aromatic heterocycles. The van der Waals surface area contributed by atoms with Crippen LogP contribution in [0.4, 0.5) is 0 Å². The number of benzene rings is 1. The minimum absolute atomic E-state index is 0.206. The molecule has 1 aliphatic heterocycles. The van der Waals surface area contributed by atoms with Crippen molar-refractivity contribution in [2.45, 2.75) is 32.2 Å². The largest absolute Gasteiger partial charge is 0.370 e. The van der Waals surface area contributed by atoms with Crippen LogP contribution in [0.2, 0.25) is 0 Å². The van der Waals surface area contributed by atoms with E-state index in [1.807, 2.05) is 0 Å². The van der Waals surface area contributed by atoms with Crippen molar-refractivity contribution < 1.29 is 0 Å². The lowest BCUT2D eigenvalue weighted by molar-refractivity contribution is 0.589. The molecule has 1 heterocycles. The first-order valence-electron chi connectivity index (χ1n) is 5.64. The summed E-state index contributed by atoms with van der Waals surface area (Å²) >= 11 is 0. The normalized spacial score (nSPS) is 20.4. The van der Waals surface area contributed by atoms with E-state index < -0.39 is 0 Å². The third-order valence-corrected chi connectivity index (χ3v) is 2.95. The molecular formula is C13H19N3. The zero-order chi connectivity index (χ0) is 11.8. The molecule has 0 fully saturated rings. The summed E-state index contributed by atoms with van der Waals surface area (Å²) in [6, 6.07) is 8.93. The number of hydrogen-bond acceptors (Lipinski definition) is 3. The van der Waals surface area contributed by atoms with Crippen LogP contribution < -0.4 is 11.1 Å². The molecule has 3 N–H and O–H groups in total. The Hall–Kier alpha value is -1.51. The summed E-state index contributed by atoms with van der Waals surface area (Å²) in [7, 11) is 0. The molecule has 1 aromatic carbocycles. The SMILES string of the molecule is CC(C)(C)c1ccc(C2CN=C(N)N2)cc1. The van der Waals surface area contributed by atoms with Crippen molar-refractivity contribution >= 4 is 5.96 Å². The molecule has 0 amide bonds. The molecule has 1 aromatic rings. The van der Waals surface area contributed by atoms with Crippen LogP contribution >= 0.6 is 0 Å². The monoisotopic (exact) mass is 217 g/mol. The van der Waals surface area contributed by atoms with Crippen LogP contribution in [-0.2, 0) is 5.41 Å². The van der Waals surface area contributed by atoms with E-state index in [1.54, 1.807) is 0 Å². The lowest BCUT2D eigenvalue weighted by atomic mass is 9.86. The van der Waals surface area contributed by atoms with Gasteiger partial charge in [-0.2, -0.15) is 0 Å². The van der Waals surface area contributed by atoms with Crippen LogP contribution in [0.3, 0.4) is 0 Å². The van der Waals surface area contributed by atoms with E-state index in [2.05, 4.69) is 55.3 Å². The maximum Gasteiger partial charge on any atom is 0.189 e. The second-order valence-corrected chi connectivity index (χ2v) is 5.29. The highest BCUT2D eigenvalue weighted by atomic mass is 15.2. The van der Waals surface area contributed by atoms with Crippen LogP contribution in [0.25, 0.3) is 0 Å². The number of guanidine groups is 1. The summed E-state index contributed by atoms with van der Waals surface area (Å²) in [5.41, 5.74) is 8.40. The summed E-state index contributed by atoms with van der Waals surface area (Å²) in [6.07, 6.45) is 0. The van der Waals surface area contributed by atoms with Crippen molar-refractivity contribution in [3.05, 3.63) is 35.4 Å². The van der Waals surface area contributed by atoms with E-state index >= 15 is 0 Å². The summed E-state index contributed by atoms with van der Waals surface area (Å²) in [5, 5.41) is 3.16. The number of rotatable bonds is 1. The van der Waals surface area contributed by atoms with Crippen molar-refractivity contribution in [3.8, 4) is 0 Å². The van der Waals surface area contributed by atoms with Crippen molar-refractivity contribution in [3.63, 3.8) is 0 Å². The first-order valence-corrected chi connectivity index (χ1v) is 5.64. The summed E-state index contributed by atoms with van der Waals surface area (Å²) < 4.78 is 0. The van der Waals surface area contributed by atoms with Crippen LogP contribution in [0, 0.1) is 0 Å². The minimum atomic E-state index is 0.206. The number of nitrogens with zero attached hydrogens (tertiary/aromatic N) is 1. The van der Waals surface area contributed by atoms with Gasteiger partial charge in [-0.3, -0.25) is 4.99 Å². The second kappa shape index (κ2) is 3.81. The highest BCUT2D eigenvalue weighted by Gasteiger charge is 2.18. The Labute approximate surface area is 96.8 Å². The van der Waals surface area contributed by atoms with E-state index in [0.717, 1.165) is 6.54 Å². The van der Waals surface area contributed by atoms with Gasteiger partial charge in [0, 0.05) is 0 Å². The molecule has 0 saturated heterocycles. The Bertz CT molecular complexity index is 398. The second-order valence-electron chi connectivity index (χ2n) is 5.29. The molecular weight excluding hydrogens is 198 g/mol. The Balaban J connectivity index is 2.15. The Morgan fingerprint density at radius 2 is 1.88 bits per heavy atom. The maximum atomic E-state index is 5.60. The zero-order valence-corrected chi connectivity index (χ0v) is 10.1. The van der Waals surface area contributed by atoms with Gasteiger partial charge in [-0.15, -0.1) is 0 Å². The van der Waals surface area contributed by atoms with Crippen LogP contribution in [0.15, 0.2) is 29.3 Å². The fourth-order valence-corrected chi connectivity index (χ4v) is 1.86. The lowest BCUT2D eigenvalue weighted by Crippen LogP contribution is -2.29. The van der Waals surface area contributed by atoms with Gasteiger partial charge in [-0.05, 0) is 16.5 Å². The predicted molar refractivity (Wildman–Crippen MR) is 67.5 cm³/mol. The number of nitrogens with two attached hydrogens (primary N) is 1. The molecule has 0 aliphatic carbocycles. The molecule has 0 radical (unpaired) electrons. The average molecular weight is 217 g/mol. The van der Waals surface area contributed by atoms with E-state index in [9.17, 15) is 0 Å². The van der Waals surface area contributed by atoms with Crippen molar-refractivity contribution in [1.29, 1.82) is 0 Å². The fourth-order valence-electron chi connectivity index (χ4n) is 1.86. The van der Waals surface area contributed by atoms with Gasteiger partial charge in [0.2, 0.25) is 0 Å². The number of aliphatic imine (C=N–C) groups is 1. The molecule has 0 saturated carbocycles. The highest BCUT2D eigenvalue weighted by Crippen LogP contribution is 2.24. The zero-order valence-electron chi connectivity index (χ0n) is 10.1. The molecule has 1 unspecified atom stereocenters. The van der Waals surface area contributed by atoms with Crippen molar-refractivity contribution in [1.82, 2.24) is 5.32 Å². The van der Waals surface area contributed by atoms with Crippen LogP contribution in [0.5, 0.6) is 0 Å². The van der Waals surface area contributed by atoms with Gasteiger partial charge in [0.15, 0.2) is 5.96 Å². The summed E-state index contributed by atoms with van der Waals surface area (Å²) in [4.78, 5) is 4.15. The standard InChI is InChI=1S/C13H19N3/c1-13(2,3)10-6-4-9(5-7-10)11-8-15-12(14)16-11/h4-7,11H,8H2,1-3H3,(H3,14,15,16). The van der Waals surface area contributed by atoms with E-state index in [1.165, 1.54) is 11.1 Å². The van der Waals surface area contributed by atoms with Crippen molar-refractivity contribution in [2.75, 3.05) is 6.54 Å². The van der Waals surface area contributed by atoms with Gasteiger partial charge in [-0.1, -0.05) is 45.0 Å². The highest BCUT2D eigenvalue weighted by molar-refractivity contribution is 5.80. The first kappa shape index (κ1) is 11.0. The summed E-state index contributed by atoms with van der Waals surface area (Å²) in [5.74, 6) is 0.546. The van der Waals surface area contributed by atoms with Gasteiger partial charge in [0.25, 0.3) is 0 Å². The summed E-state index contributed by atoms with van der Waals surface area (Å²) in [6.45, 7) is 7.39. The fraction of sp³-hybridized carbons (Fsp3) is 0.462. The van der Waals surface area contributed by atoms with E-state index in [0.29, 0.717) is 5.96 Å². The molecule has 86 valence electrons. The molecule has 3 heteroatoms. The third-order valence-electron chi connectivity index (χ3n) is 2.95. The molecule has 3 nitrogen and oxygen atoms in total. The molecule has 0 bridgehead atoms. The Morgan fingerprint density at radius 1 is 1.25 bits per heavy atom. The third kappa shape index (κ3) is 2.18. The van der Waals surface area contributed by atoms with E-state index in [-0.39, 0.29) is 11.5 Å². The molecule has 2 rings (SSSR count). The Morgan fingerprint density at radius 3 is 2.31 bits per heavy atom. The molecule has 1 aliphatic rings. The van der Waals surface area contributed by atoms with Gasteiger partial charge in [-0.25, -0.2) is 0 Å². The van der Waals surface area contributed by atoms with Crippen LogP contribution in [0.1, 0.15) is 37.9 Å². The molecule has 0 spiro atoms. The van der Waals surface area contributed by atoms with Gasteiger partial charge < -0.3 is 11.1 Å². The smallest absolute Gasteiger partial charge is 0.189 e.